The van der Waals surface area contributed by atoms with Crippen LogP contribution in [0.3, 0.4) is 0 Å². The van der Waals surface area contributed by atoms with Crippen molar-refractivity contribution in [1.82, 2.24) is 0 Å². The Bertz CT molecular complexity index is 101. The van der Waals surface area contributed by atoms with Crippen LogP contribution in [0.4, 0.5) is 0 Å². The van der Waals surface area contributed by atoms with Crippen molar-refractivity contribution in [1.29, 1.82) is 0 Å². The summed E-state index contributed by atoms with van der Waals surface area (Å²) in [6, 6.07) is 0. The molecule has 1 radical (unpaired) electrons. The zero-order valence-corrected chi connectivity index (χ0v) is 7.40. The van der Waals surface area contributed by atoms with Gasteiger partial charge in [-0.05, 0) is 12.8 Å². The lowest BCUT2D eigenvalue weighted by atomic mass is 9.91. The quantitative estimate of drug-likeness (QED) is 0.588. The van der Waals surface area contributed by atoms with E-state index in [0.29, 0.717) is 5.78 Å². The first-order valence-corrected chi connectivity index (χ1v) is 4.02. The van der Waals surface area contributed by atoms with E-state index in [-0.39, 0.29) is 5.92 Å². The maximum Gasteiger partial charge on any atom is 0.142 e. The highest BCUT2D eigenvalue weighted by Crippen LogP contribution is 2.16. The third-order valence-electron chi connectivity index (χ3n) is 1.73. The summed E-state index contributed by atoms with van der Waals surface area (Å²) < 4.78 is 0. The molecule has 0 aromatic heterocycles. The molecule has 59 valence electrons. The fourth-order valence-corrected chi connectivity index (χ4v) is 1.01. The Hall–Kier alpha value is -0.330. The first kappa shape index (κ1) is 9.67. The fraction of sp³-hybridized carbons (Fsp3) is 0.778. The number of rotatable bonds is 4. The van der Waals surface area contributed by atoms with E-state index in [9.17, 15) is 4.79 Å². The van der Waals surface area contributed by atoms with E-state index < -0.39 is 0 Å². The maximum atomic E-state index is 11.3. The molecule has 0 saturated heterocycles. The Kier molecular flexibility index (Phi) is 4.33. The molecule has 0 N–H and O–H groups in total. The molecule has 0 amide bonds. The van der Waals surface area contributed by atoms with Gasteiger partial charge in [0.25, 0.3) is 0 Å². The molecule has 0 aliphatic rings. The van der Waals surface area contributed by atoms with Gasteiger partial charge in [0.2, 0.25) is 0 Å². The first-order chi connectivity index (χ1) is 4.63. The van der Waals surface area contributed by atoms with Gasteiger partial charge in [0.15, 0.2) is 0 Å². The summed E-state index contributed by atoms with van der Waals surface area (Å²) >= 11 is 0. The minimum atomic E-state index is 0.176. The Morgan fingerprint density at radius 1 is 1.20 bits per heavy atom. The van der Waals surface area contributed by atoms with E-state index in [4.69, 9.17) is 0 Å². The van der Waals surface area contributed by atoms with Crippen molar-refractivity contribution in [2.75, 3.05) is 0 Å². The summed E-state index contributed by atoms with van der Waals surface area (Å²) in [7, 11) is 0. The zero-order chi connectivity index (χ0) is 8.15. The van der Waals surface area contributed by atoms with Crippen LogP contribution in [0.5, 0.6) is 0 Å². The van der Waals surface area contributed by atoms with Crippen LogP contribution in [-0.4, -0.2) is 5.78 Å². The summed E-state index contributed by atoms with van der Waals surface area (Å²) in [6.45, 7) is 7.99. The Morgan fingerprint density at radius 3 is 1.70 bits per heavy atom. The molecule has 0 atom stereocenters. The molecule has 0 aromatic carbocycles. The Balaban J connectivity index is 3.89. The smallest absolute Gasteiger partial charge is 0.142 e. The number of Topliss-reactive ketones (excluding diaryl/α,β-unsaturated/α-hetero) is 1. The van der Waals surface area contributed by atoms with Gasteiger partial charge in [0.1, 0.15) is 5.78 Å². The van der Waals surface area contributed by atoms with Crippen LogP contribution in [0, 0.1) is 11.8 Å². The molecule has 0 bridgehead atoms. The Morgan fingerprint density at radius 2 is 1.60 bits per heavy atom. The van der Waals surface area contributed by atoms with Crippen LogP contribution in [0.25, 0.3) is 0 Å². The van der Waals surface area contributed by atoms with Gasteiger partial charge in [-0.2, -0.15) is 0 Å². The highest BCUT2D eigenvalue weighted by Gasteiger charge is 2.17. The predicted molar refractivity (Wildman–Crippen MR) is 43.7 cm³/mol. The molecule has 0 heterocycles. The van der Waals surface area contributed by atoms with Crippen LogP contribution in [0.15, 0.2) is 0 Å². The average molecular weight is 141 g/mol. The Labute approximate surface area is 63.8 Å². The molecule has 0 rings (SSSR count). The van der Waals surface area contributed by atoms with Gasteiger partial charge in [0, 0.05) is 11.8 Å². The number of hydrogen-bond acceptors (Lipinski definition) is 1. The van der Waals surface area contributed by atoms with Crippen LogP contribution >= 0.6 is 0 Å². The van der Waals surface area contributed by atoms with E-state index in [1.807, 2.05) is 27.7 Å². The summed E-state index contributed by atoms with van der Waals surface area (Å²) in [6.07, 6.45) is 1.82. The third-order valence-corrected chi connectivity index (χ3v) is 1.73. The molecule has 1 heteroatoms. The molecular formula is C9H17O. The third kappa shape index (κ3) is 2.51. The second-order valence-corrected chi connectivity index (χ2v) is 2.83. The summed E-state index contributed by atoms with van der Waals surface area (Å²) in [5.41, 5.74) is 0. The molecular weight excluding hydrogens is 124 g/mol. The van der Waals surface area contributed by atoms with Crippen LogP contribution in [-0.2, 0) is 4.79 Å². The monoisotopic (exact) mass is 141 g/mol. The second-order valence-electron chi connectivity index (χ2n) is 2.83. The lowest BCUT2D eigenvalue weighted by Crippen LogP contribution is -2.16. The molecule has 0 spiro atoms. The summed E-state index contributed by atoms with van der Waals surface area (Å²) in [4.78, 5) is 11.3. The van der Waals surface area contributed by atoms with E-state index in [1.54, 1.807) is 0 Å². The summed E-state index contributed by atoms with van der Waals surface area (Å²) in [5, 5.41) is 0. The zero-order valence-electron chi connectivity index (χ0n) is 7.40. The topological polar surface area (TPSA) is 17.1 Å². The highest BCUT2D eigenvalue weighted by atomic mass is 16.1. The second kappa shape index (κ2) is 4.48. The van der Waals surface area contributed by atoms with E-state index in [2.05, 4.69) is 0 Å². The van der Waals surface area contributed by atoms with Crippen LogP contribution < -0.4 is 0 Å². The van der Waals surface area contributed by atoms with Crippen LogP contribution in [0.2, 0.25) is 0 Å². The fourth-order valence-electron chi connectivity index (χ4n) is 1.01. The number of carbonyl (C=O) groups excluding carboxylic acids is 1. The van der Waals surface area contributed by atoms with Gasteiger partial charge in [-0.3, -0.25) is 4.79 Å². The number of hydrogen-bond donors (Lipinski definition) is 0. The van der Waals surface area contributed by atoms with E-state index in [1.165, 1.54) is 0 Å². The molecule has 0 aliphatic heterocycles. The van der Waals surface area contributed by atoms with Gasteiger partial charge >= 0.3 is 0 Å². The van der Waals surface area contributed by atoms with Gasteiger partial charge in [-0.15, -0.1) is 0 Å². The molecule has 0 fully saturated rings. The van der Waals surface area contributed by atoms with Gasteiger partial charge in [0.05, 0.1) is 0 Å². The van der Waals surface area contributed by atoms with Crippen molar-refractivity contribution in [3.63, 3.8) is 0 Å². The number of carbonyl (C=O) groups is 1. The lowest BCUT2D eigenvalue weighted by Gasteiger charge is -2.11. The minimum absolute atomic E-state index is 0.176. The standard InChI is InChI=1S/C9H17O/c1-5-8(6-2)9(10)7(3)4/h7H,5-6H2,1-4H3. The lowest BCUT2D eigenvalue weighted by molar-refractivity contribution is -0.120. The SMILES string of the molecule is CC[C](CC)C(=O)C(C)C. The van der Waals surface area contributed by atoms with Crippen molar-refractivity contribution in [2.45, 2.75) is 40.5 Å². The van der Waals surface area contributed by atoms with Crippen molar-refractivity contribution in [3.8, 4) is 0 Å². The van der Waals surface area contributed by atoms with Crippen molar-refractivity contribution >= 4 is 5.78 Å². The average Bonchev–Trinajstić information content (AvgIpc) is 1.90. The van der Waals surface area contributed by atoms with Gasteiger partial charge in [-0.1, -0.05) is 27.7 Å². The van der Waals surface area contributed by atoms with Crippen molar-refractivity contribution < 1.29 is 4.79 Å². The normalized spacial score (nSPS) is 11.0. The first-order valence-electron chi connectivity index (χ1n) is 4.02. The van der Waals surface area contributed by atoms with Crippen molar-refractivity contribution in [3.05, 3.63) is 5.92 Å². The van der Waals surface area contributed by atoms with Gasteiger partial charge < -0.3 is 0 Å². The van der Waals surface area contributed by atoms with Crippen molar-refractivity contribution in [2.24, 2.45) is 5.92 Å². The molecule has 0 saturated carbocycles. The van der Waals surface area contributed by atoms with Gasteiger partial charge in [-0.25, -0.2) is 0 Å². The van der Waals surface area contributed by atoms with Crippen LogP contribution in [0.1, 0.15) is 40.5 Å². The molecule has 10 heavy (non-hydrogen) atoms. The molecule has 0 aromatic rings. The van der Waals surface area contributed by atoms with E-state index in [0.717, 1.165) is 18.8 Å². The molecule has 0 aliphatic carbocycles. The predicted octanol–water partition coefficient (Wildman–Crippen LogP) is 2.61. The molecule has 0 unspecified atom stereocenters. The minimum Gasteiger partial charge on any atom is -0.299 e. The summed E-state index contributed by atoms with van der Waals surface area (Å²) in [5.74, 6) is 1.59. The molecule has 1 nitrogen and oxygen atoms in total. The van der Waals surface area contributed by atoms with E-state index >= 15 is 0 Å². The highest BCUT2D eigenvalue weighted by molar-refractivity contribution is 5.93. The largest absolute Gasteiger partial charge is 0.299 e. The number of ketones is 1. The maximum absolute atomic E-state index is 11.3.